The van der Waals surface area contributed by atoms with Gasteiger partial charge in [0.1, 0.15) is 5.69 Å². The normalized spacial score (nSPS) is 18.0. The summed E-state index contributed by atoms with van der Waals surface area (Å²) in [6, 6.07) is 3.17. The van der Waals surface area contributed by atoms with Gasteiger partial charge in [0.15, 0.2) is 5.82 Å². The van der Waals surface area contributed by atoms with Crippen LogP contribution in [0.15, 0.2) is 24.5 Å². The summed E-state index contributed by atoms with van der Waals surface area (Å²) in [7, 11) is 2.07. The third-order valence-corrected chi connectivity index (χ3v) is 5.50. The van der Waals surface area contributed by atoms with E-state index in [1.165, 1.54) is 16.9 Å². The summed E-state index contributed by atoms with van der Waals surface area (Å²) in [4.78, 5) is 28.3. The number of alkyl halides is 2. The van der Waals surface area contributed by atoms with Crippen LogP contribution in [0, 0.1) is 0 Å². The fraction of sp³-hybridized carbons (Fsp3) is 0.450. The minimum atomic E-state index is -3.12. The van der Waals surface area contributed by atoms with Gasteiger partial charge in [0.05, 0.1) is 23.0 Å². The summed E-state index contributed by atoms with van der Waals surface area (Å²) in [5.41, 5.74) is 5.94. The minimum Gasteiger partial charge on any atom is -0.369 e. The molecule has 4 heterocycles. The van der Waals surface area contributed by atoms with Crippen molar-refractivity contribution in [1.82, 2.24) is 29.6 Å². The topological polar surface area (TPSA) is 106 Å². The number of carbonyl (C=O) groups is 1. The summed E-state index contributed by atoms with van der Waals surface area (Å²) in [6.45, 7) is 5.27. The van der Waals surface area contributed by atoms with E-state index in [2.05, 4.69) is 43.8 Å². The second kappa shape index (κ2) is 7.80. The van der Waals surface area contributed by atoms with Crippen LogP contribution in [-0.4, -0.2) is 68.3 Å². The Morgan fingerprint density at radius 2 is 2.10 bits per heavy atom. The monoisotopic (exact) mass is 430 g/mol. The molecule has 1 fully saturated rings. The molecule has 1 atom stereocenters. The average Bonchev–Trinajstić information content (AvgIpc) is 3.08. The first-order valence-corrected chi connectivity index (χ1v) is 9.96. The van der Waals surface area contributed by atoms with Gasteiger partial charge in [-0.1, -0.05) is 0 Å². The van der Waals surface area contributed by atoms with Crippen LogP contribution in [0.4, 0.5) is 14.6 Å². The highest BCUT2D eigenvalue weighted by molar-refractivity contribution is 5.91. The van der Waals surface area contributed by atoms with Gasteiger partial charge in [0.2, 0.25) is 5.91 Å². The number of pyridine rings is 1. The van der Waals surface area contributed by atoms with Crippen LogP contribution in [0.2, 0.25) is 0 Å². The molecule has 0 radical (unpaired) electrons. The molecule has 2 N–H and O–H groups in total. The molecule has 1 aliphatic heterocycles. The van der Waals surface area contributed by atoms with Gasteiger partial charge in [-0.15, -0.1) is 5.10 Å². The number of rotatable bonds is 5. The van der Waals surface area contributed by atoms with Crippen molar-refractivity contribution in [2.45, 2.75) is 32.2 Å². The van der Waals surface area contributed by atoms with Gasteiger partial charge in [-0.05, 0) is 26.1 Å². The number of hydrogen-bond acceptors (Lipinski definition) is 7. The lowest BCUT2D eigenvalue weighted by molar-refractivity contribution is -0.117. The maximum absolute atomic E-state index is 13.9. The molecule has 0 aliphatic carbocycles. The lowest BCUT2D eigenvalue weighted by Gasteiger charge is -2.37. The first-order valence-electron chi connectivity index (χ1n) is 9.96. The molecule has 3 aromatic heterocycles. The Bertz CT molecular complexity index is 1130. The lowest BCUT2D eigenvalue weighted by Crippen LogP contribution is -2.50. The zero-order valence-corrected chi connectivity index (χ0v) is 17.6. The molecular weight excluding hydrogens is 406 g/mol. The van der Waals surface area contributed by atoms with E-state index in [-0.39, 0.29) is 12.4 Å². The van der Waals surface area contributed by atoms with Gasteiger partial charge in [0.25, 0.3) is 11.9 Å². The minimum absolute atomic E-state index is 0.0219. The van der Waals surface area contributed by atoms with E-state index in [0.717, 1.165) is 31.9 Å². The van der Waals surface area contributed by atoms with E-state index in [1.54, 1.807) is 12.3 Å². The van der Waals surface area contributed by atoms with Crippen molar-refractivity contribution in [3.63, 3.8) is 0 Å². The van der Waals surface area contributed by atoms with Gasteiger partial charge < -0.3 is 15.5 Å². The predicted molar refractivity (Wildman–Crippen MR) is 111 cm³/mol. The zero-order valence-electron chi connectivity index (χ0n) is 17.6. The zero-order chi connectivity index (χ0) is 22.3. The molecule has 3 aromatic rings. The Morgan fingerprint density at radius 3 is 2.77 bits per heavy atom. The largest absolute Gasteiger partial charge is 0.369 e. The molecule has 9 nitrogen and oxygen atoms in total. The van der Waals surface area contributed by atoms with Gasteiger partial charge in [-0.2, -0.15) is 13.5 Å². The Labute approximate surface area is 177 Å². The standard InChI is InChI=1S/C20H24F2N8O/c1-12-11-29(7-6-28(12)3)18-14-10-25-13(9-17(23)31)8-15(14)30(27-18)19-24-5-4-16(26-19)20(2,21)22/h4-5,8,10,12H,6-7,9,11H2,1-3H3,(H2,23,31). The lowest BCUT2D eigenvalue weighted by atomic mass is 10.2. The van der Waals surface area contributed by atoms with Gasteiger partial charge >= 0.3 is 0 Å². The van der Waals surface area contributed by atoms with Crippen molar-refractivity contribution in [2.75, 3.05) is 31.6 Å². The SMILES string of the molecule is CC1CN(c2nn(-c3nccc(C(C)(F)F)n3)c3cc(CC(N)=O)ncc23)CCN1C. The Morgan fingerprint density at radius 1 is 1.32 bits per heavy atom. The molecule has 0 bridgehead atoms. The molecule has 11 heteroatoms. The van der Waals surface area contributed by atoms with Crippen LogP contribution in [0.1, 0.15) is 25.2 Å². The van der Waals surface area contributed by atoms with Crippen LogP contribution in [-0.2, 0) is 17.1 Å². The highest BCUT2D eigenvalue weighted by Gasteiger charge is 2.29. The number of anilines is 1. The van der Waals surface area contributed by atoms with Crippen molar-refractivity contribution >= 4 is 22.6 Å². The van der Waals surface area contributed by atoms with Crippen LogP contribution >= 0.6 is 0 Å². The molecule has 164 valence electrons. The van der Waals surface area contributed by atoms with Gasteiger partial charge in [-0.25, -0.2) is 9.97 Å². The van der Waals surface area contributed by atoms with E-state index < -0.39 is 17.5 Å². The third kappa shape index (κ3) is 4.18. The number of amides is 1. The number of nitrogens with two attached hydrogens (primary N) is 1. The number of piperazine rings is 1. The molecule has 1 unspecified atom stereocenters. The number of hydrogen-bond donors (Lipinski definition) is 1. The van der Waals surface area contributed by atoms with Crippen molar-refractivity contribution in [1.29, 1.82) is 0 Å². The Hall–Kier alpha value is -3.21. The smallest absolute Gasteiger partial charge is 0.287 e. The van der Waals surface area contributed by atoms with E-state index >= 15 is 0 Å². The number of likely N-dealkylation sites (N-methyl/N-ethyl adjacent to an activating group) is 1. The first kappa shape index (κ1) is 21.0. The summed E-state index contributed by atoms with van der Waals surface area (Å²) in [5.74, 6) is -2.94. The Kier molecular flexibility index (Phi) is 5.29. The second-order valence-electron chi connectivity index (χ2n) is 7.98. The molecule has 0 spiro atoms. The van der Waals surface area contributed by atoms with Gasteiger partial charge in [0, 0.05) is 45.0 Å². The maximum atomic E-state index is 13.9. The van der Waals surface area contributed by atoms with Crippen LogP contribution in [0.5, 0.6) is 0 Å². The van der Waals surface area contributed by atoms with Crippen LogP contribution in [0.3, 0.4) is 0 Å². The van der Waals surface area contributed by atoms with Crippen molar-refractivity contribution in [2.24, 2.45) is 5.73 Å². The van der Waals surface area contributed by atoms with E-state index in [9.17, 15) is 13.6 Å². The van der Waals surface area contributed by atoms with Crippen molar-refractivity contribution < 1.29 is 13.6 Å². The molecule has 31 heavy (non-hydrogen) atoms. The summed E-state index contributed by atoms with van der Waals surface area (Å²) < 4.78 is 29.1. The summed E-state index contributed by atoms with van der Waals surface area (Å²) in [6.07, 6.45) is 2.87. The number of aromatic nitrogens is 5. The second-order valence-corrected chi connectivity index (χ2v) is 7.98. The average molecular weight is 430 g/mol. The highest BCUT2D eigenvalue weighted by Crippen LogP contribution is 2.30. The fourth-order valence-corrected chi connectivity index (χ4v) is 3.63. The Balaban J connectivity index is 1.86. The number of fused-ring (bicyclic) bond motifs is 1. The molecule has 1 saturated heterocycles. The summed E-state index contributed by atoms with van der Waals surface area (Å²) >= 11 is 0. The van der Waals surface area contributed by atoms with Crippen molar-refractivity contribution in [3.05, 3.63) is 35.9 Å². The van der Waals surface area contributed by atoms with Crippen molar-refractivity contribution in [3.8, 4) is 5.95 Å². The molecule has 1 aliphatic rings. The predicted octanol–water partition coefficient (Wildman–Crippen LogP) is 1.49. The molecule has 1 amide bonds. The molecule has 0 aromatic carbocycles. The number of carbonyl (C=O) groups excluding carboxylic acids is 1. The maximum Gasteiger partial charge on any atom is 0.287 e. The van der Waals surface area contributed by atoms with Gasteiger partial charge in [-0.3, -0.25) is 9.78 Å². The van der Waals surface area contributed by atoms with E-state index in [0.29, 0.717) is 23.1 Å². The quantitative estimate of drug-likeness (QED) is 0.654. The molecular formula is C20H24F2N8O. The third-order valence-electron chi connectivity index (χ3n) is 5.50. The van der Waals surface area contributed by atoms with Crippen LogP contribution < -0.4 is 10.6 Å². The first-order chi connectivity index (χ1) is 14.6. The van der Waals surface area contributed by atoms with Crippen LogP contribution in [0.25, 0.3) is 16.9 Å². The highest BCUT2D eigenvalue weighted by atomic mass is 19.3. The number of primary amides is 1. The van der Waals surface area contributed by atoms with E-state index in [1.807, 2.05) is 0 Å². The summed E-state index contributed by atoms with van der Waals surface area (Å²) in [5, 5.41) is 5.41. The fourth-order valence-electron chi connectivity index (χ4n) is 3.63. The number of halogens is 2. The molecule has 0 saturated carbocycles. The van der Waals surface area contributed by atoms with E-state index in [4.69, 9.17) is 5.73 Å². The molecule has 4 rings (SSSR count). The number of nitrogens with zero attached hydrogens (tertiary/aromatic N) is 7.